The van der Waals surface area contributed by atoms with E-state index in [0.717, 1.165) is 49.7 Å². The van der Waals surface area contributed by atoms with Crippen molar-refractivity contribution in [2.45, 2.75) is 25.4 Å². The van der Waals surface area contributed by atoms with Crippen LogP contribution in [0.4, 0.5) is 5.69 Å². The lowest BCUT2D eigenvalue weighted by Gasteiger charge is -2.33. The monoisotopic (exact) mass is 390 g/mol. The summed E-state index contributed by atoms with van der Waals surface area (Å²) in [6, 6.07) is 9.72. The summed E-state index contributed by atoms with van der Waals surface area (Å²) < 4.78 is 6.73. The van der Waals surface area contributed by atoms with Crippen molar-refractivity contribution in [1.82, 2.24) is 14.7 Å². The predicted molar refractivity (Wildman–Crippen MR) is 109 cm³/mol. The summed E-state index contributed by atoms with van der Waals surface area (Å²) in [5.74, 6) is 0. The number of likely N-dealkylation sites (N-methyl/N-ethyl adjacent to an activating group) is 1. The summed E-state index contributed by atoms with van der Waals surface area (Å²) in [4.78, 5) is 17.0. The summed E-state index contributed by atoms with van der Waals surface area (Å²) >= 11 is 6.09. The molecule has 3 rings (SSSR count). The van der Waals surface area contributed by atoms with E-state index in [9.17, 15) is 4.79 Å². The first-order valence-electron chi connectivity index (χ1n) is 9.32. The van der Waals surface area contributed by atoms with Crippen LogP contribution in [0, 0.1) is 0 Å². The quantitative estimate of drug-likeness (QED) is 0.727. The molecule has 1 saturated heterocycles. The lowest BCUT2D eigenvalue weighted by molar-refractivity contribution is 0.160. The molecule has 0 saturated carbocycles. The molecule has 2 heterocycles. The zero-order chi connectivity index (χ0) is 19.2. The number of hydrogen-bond acceptors (Lipinski definition) is 5. The maximum absolute atomic E-state index is 12.6. The van der Waals surface area contributed by atoms with Crippen LogP contribution < -0.4 is 10.5 Å². The lowest BCUT2D eigenvalue weighted by Crippen LogP contribution is -2.40. The van der Waals surface area contributed by atoms with Crippen molar-refractivity contribution in [1.29, 1.82) is 0 Å². The molecule has 1 aliphatic rings. The van der Waals surface area contributed by atoms with E-state index < -0.39 is 0 Å². The summed E-state index contributed by atoms with van der Waals surface area (Å²) in [6.07, 6.45) is 3.79. The molecule has 0 aliphatic carbocycles. The van der Waals surface area contributed by atoms with Crippen LogP contribution in [0.15, 0.2) is 41.3 Å². The number of nitrogens with zero attached hydrogens (tertiary/aromatic N) is 4. The molecule has 1 atom stereocenters. The van der Waals surface area contributed by atoms with Crippen LogP contribution in [-0.4, -0.2) is 55.1 Å². The van der Waals surface area contributed by atoms with Crippen molar-refractivity contribution in [3.63, 3.8) is 0 Å². The lowest BCUT2D eigenvalue weighted by atomic mass is 10.0. The van der Waals surface area contributed by atoms with E-state index in [2.05, 4.69) is 16.1 Å². The van der Waals surface area contributed by atoms with Crippen LogP contribution in [0.1, 0.15) is 24.4 Å². The Morgan fingerprint density at radius 3 is 2.96 bits per heavy atom. The van der Waals surface area contributed by atoms with E-state index in [1.807, 2.05) is 30.1 Å². The van der Waals surface area contributed by atoms with E-state index in [1.165, 1.54) is 5.56 Å². The van der Waals surface area contributed by atoms with Crippen LogP contribution in [0.2, 0.25) is 5.02 Å². The van der Waals surface area contributed by atoms with Gasteiger partial charge in [-0.2, -0.15) is 5.10 Å². The normalized spacial score (nSPS) is 17.8. The van der Waals surface area contributed by atoms with Crippen LogP contribution >= 0.6 is 11.6 Å². The molecule has 2 aromatic rings. The van der Waals surface area contributed by atoms with E-state index >= 15 is 0 Å². The van der Waals surface area contributed by atoms with Crippen LogP contribution in [0.25, 0.3) is 0 Å². The number of rotatable bonds is 7. The van der Waals surface area contributed by atoms with Gasteiger partial charge in [-0.3, -0.25) is 9.69 Å². The zero-order valence-corrected chi connectivity index (χ0v) is 16.7. The average molecular weight is 391 g/mol. The second-order valence-electron chi connectivity index (χ2n) is 7.07. The Morgan fingerprint density at radius 2 is 2.22 bits per heavy atom. The molecule has 1 aromatic carbocycles. The summed E-state index contributed by atoms with van der Waals surface area (Å²) in [5, 5.41) is 5.22. The van der Waals surface area contributed by atoms with Gasteiger partial charge in [0.2, 0.25) is 0 Å². The van der Waals surface area contributed by atoms with Gasteiger partial charge in [-0.15, -0.1) is 0 Å². The van der Waals surface area contributed by atoms with E-state index in [-0.39, 0.29) is 11.6 Å². The maximum atomic E-state index is 12.6. The number of methoxy groups -OCH3 is 1. The van der Waals surface area contributed by atoms with Crippen LogP contribution in [0.3, 0.4) is 0 Å². The second kappa shape index (κ2) is 9.35. The van der Waals surface area contributed by atoms with Crippen molar-refractivity contribution in [2.24, 2.45) is 0 Å². The number of hydrogen-bond donors (Lipinski definition) is 0. The van der Waals surface area contributed by atoms with Gasteiger partial charge in [-0.05, 0) is 37.1 Å². The minimum atomic E-state index is -0.0497. The topological polar surface area (TPSA) is 50.6 Å². The molecule has 0 spiro atoms. The van der Waals surface area contributed by atoms with E-state index in [4.69, 9.17) is 16.3 Å². The summed E-state index contributed by atoms with van der Waals surface area (Å²) in [6.45, 7) is 4.01. The van der Waals surface area contributed by atoms with Gasteiger partial charge in [0.1, 0.15) is 0 Å². The number of halogens is 1. The highest BCUT2D eigenvalue weighted by molar-refractivity contribution is 6.30. The molecule has 7 heteroatoms. The Bertz CT molecular complexity index is 811. The fourth-order valence-electron chi connectivity index (χ4n) is 3.52. The number of benzene rings is 1. The van der Waals surface area contributed by atoms with Crippen molar-refractivity contribution in [3.05, 3.63) is 57.5 Å². The summed E-state index contributed by atoms with van der Waals surface area (Å²) in [7, 11) is 3.61. The highest BCUT2D eigenvalue weighted by atomic mass is 35.5. The third kappa shape index (κ3) is 5.31. The summed E-state index contributed by atoms with van der Waals surface area (Å²) in [5.41, 5.74) is 1.96. The molecule has 1 aromatic heterocycles. The molecule has 27 heavy (non-hydrogen) atoms. The molecule has 6 nitrogen and oxygen atoms in total. The first-order valence-corrected chi connectivity index (χ1v) is 9.70. The third-order valence-corrected chi connectivity index (χ3v) is 5.24. The number of likely N-dealkylation sites (tertiary alicyclic amines) is 1. The second-order valence-corrected chi connectivity index (χ2v) is 7.51. The standard InChI is InChI=1S/C20H27ClN4O2/c1-23(9-10-27-2)19-12-20(26)25(22-13-19)18-7-4-8-24(15-18)14-16-5-3-6-17(21)11-16/h3,5-6,11-13,18H,4,7-10,14-15H2,1-2H3/t18-/m1/s1. The molecular weight excluding hydrogens is 364 g/mol. The van der Waals surface area contributed by atoms with Gasteiger partial charge in [-0.1, -0.05) is 23.7 Å². The first kappa shape index (κ1) is 19.9. The number of piperidine rings is 1. The van der Waals surface area contributed by atoms with Gasteiger partial charge in [0.05, 0.1) is 24.5 Å². The number of ether oxygens (including phenoxy) is 1. The Kier molecular flexibility index (Phi) is 6.88. The average Bonchev–Trinajstić information content (AvgIpc) is 2.66. The molecule has 1 aliphatic heterocycles. The molecule has 0 unspecified atom stereocenters. The maximum Gasteiger partial charge on any atom is 0.269 e. The molecule has 0 amide bonds. The number of aromatic nitrogens is 2. The minimum Gasteiger partial charge on any atom is -0.383 e. The first-order chi connectivity index (χ1) is 13.1. The fraction of sp³-hybridized carbons (Fsp3) is 0.500. The van der Waals surface area contributed by atoms with E-state index in [1.54, 1.807) is 24.1 Å². The fourth-order valence-corrected chi connectivity index (χ4v) is 3.73. The molecule has 0 radical (unpaired) electrons. The minimum absolute atomic E-state index is 0.0497. The SMILES string of the molecule is COCCN(C)c1cnn([C@@H]2CCCN(Cc3cccc(Cl)c3)C2)c(=O)c1. The van der Waals surface area contributed by atoms with Crippen molar-refractivity contribution in [2.75, 3.05) is 45.3 Å². The smallest absolute Gasteiger partial charge is 0.269 e. The van der Waals surface area contributed by atoms with Crippen molar-refractivity contribution < 1.29 is 4.74 Å². The van der Waals surface area contributed by atoms with Crippen LogP contribution in [-0.2, 0) is 11.3 Å². The predicted octanol–water partition coefficient (Wildman–Crippen LogP) is 2.82. The van der Waals surface area contributed by atoms with Crippen molar-refractivity contribution >= 4 is 17.3 Å². The molecule has 0 bridgehead atoms. The Morgan fingerprint density at radius 1 is 1.37 bits per heavy atom. The van der Waals surface area contributed by atoms with Crippen molar-refractivity contribution in [3.8, 4) is 0 Å². The van der Waals surface area contributed by atoms with Gasteiger partial charge in [-0.25, -0.2) is 4.68 Å². The highest BCUT2D eigenvalue weighted by Crippen LogP contribution is 2.22. The largest absolute Gasteiger partial charge is 0.383 e. The van der Waals surface area contributed by atoms with Gasteiger partial charge >= 0.3 is 0 Å². The van der Waals surface area contributed by atoms with Crippen LogP contribution in [0.5, 0.6) is 0 Å². The highest BCUT2D eigenvalue weighted by Gasteiger charge is 2.23. The zero-order valence-electron chi connectivity index (χ0n) is 16.0. The van der Waals surface area contributed by atoms with Gasteiger partial charge in [0.25, 0.3) is 5.56 Å². The molecule has 0 N–H and O–H groups in total. The van der Waals surface area contributed by atoms with Gasteiger partial charge in [0.15, 0.2) is 0 Å². The Balaban J connectivity index is 1.67. The molecule has 1 fully saturated rings. The Hall–Kier alpha value is -1.89. The molecular formula is C20H27ClN4O2. The van der Waals surface area contributed by atoms with E-state index in [0.29, 0.717) is 6.61 Å². The molecule has 146 valence electrons. The third-order valence-electron chi connectivity index (χ3n) is 5.00. The number of anilines is 1. The Labute approximate surface area is 165 Å². The van der Waals surface area contributed by atoms with Gasteiger partial charge < -0.3 is 9.64 Å². The van der Waals surface area contributed by atoms with Gasteiger partial charge in [0, 0.05) is 44.9 Å².